The quantitative estimate of drug-likeness (QED) is 0.840. The number of morpholine rings is 1. The summed E-state index contributed by atoms with van der Waals surface area (Å²) in [5.74, 6) is 0.772. The lowest BCUT2D eigenvalue weighted by atomic mass is 9.77. The van der Waals surface area contributed by atoms with Gasteiger partial charge in [0.25, 0.3) is 0 Å². The minimum atomic E-state index is 0.0445. The fraction of sp³-hybridized carbons (Fsp3) is 0.625. The van der Waals surface area contributed by atoms with Crippen molar-refractivity contribution in [2.45, 2.75) is 44.3 Å². The van der Waals surface area contributed by atoms with Crippen molar-refractivity contribution in [3.05, 3.63) is 34.9 Å². The Hall–Kier alpha value is -0.570. The number of hydrogen-bond acceptors (Lipinski definition) is 2. The van der Waals surface area contributed by atoms with Crippen LogP contribution in [0.4, 0.5) is 0 Å². The Morgan fingerprint density at radius 2 is 2.32 bits per heavy atom. The third-order valence-electron chi connectivity index (χ3n) is 4.44. The molecule has 1 spiro atoms. The first-order chi connectivity index (χ1) is 9.17. The van der Waals surface area contributed by atoms with Crippen molar-refractivity contribution in [1.29, 1.82) is 0 Å². The molecule has 1 saturated heterocycles. The van der Waals surface area contributed by atoms with Crippen molar-refractivity contribution >= 4 is 11.6 Å². The fourth-order valence-electron chi connectivity index (χ4n) is 3.59. The van der Waals surface area contributed by atoms with E-state index in [9.17, 15) is 0 Å². The molecular weight excluding hydrogens is 258 g/mol. The predicted molar refractivity (Wildman–Crippen MR) is 78.5 cm³/mol. The van der Waals surface area contributed by atoms with Gasteiger partial charge in [0.1, 0.15) is 0 Å². The Morgan fingerprint density at radius 1 is 1.42 bits per heavy atom. The smallest absolute Gasteiger partial charge is 0.0957 e. The highest BCUT2D eigenvalue weighted by Crippen LogP contribution is 2.40. The molecule has 3 atom stereocenters. The van der Waals surface area contributed by atoms with Crippen molar-refractivity contribution in [1.82, 2.24) is 5.32 Å². The number of ether oxygens (including phenoxy) is 1. The zero-order valence-electron chi connectivity index (χ0n) is 11.5. The number of hydrogen-bond donors (Lipinski definition) is 1. The first kappa shape index (κ1) is 13.4. The second kappa shape index (κ2) is 5.43. The van der Waals surface area contributed by atoms with E-state index in [4.69, 9.17) is 16.3 Å². The molecule has 0 radical (unpaired) electrons. The van der Waals surface area contributed by atoms with Crippen molar-refractivity contribution in [2.75, 3.05) is 13.1 Å². The van der Waals surface area contributed by atoms with E-state index >= 15 is 0 Å². The lowest BCUT2D eigenvalue weighted by Crippen LogP contribution is -2.52. The molecule has 1 aromatic carbocycles. The van der Waals surface area contributed by atoms with Crippen LogP contribution in [0, 0.1) is 5.92 Å². The second-order valence-electron chi connectivity index (χ2n) is 6.18. The third-order valence-corrected chi connectivity index (χ3v) is 4.67. The lowest BCUT2D eigenvalue weighted by Gasteiger charge is -2.46. The highest BCUT2D eigenvalue weighted by molar-refractivity contribution is 6.30. The third kappa shape index (κ3) is 2.96. The highest BCUT2D eigenvalue weighted by atomic mass is 35.5. The summed E-state index contributed by atoms with van der Waals surface area (Å²) in [6.45, 7) is 4.22. The van der Waals surface area contributed by atoms with Crippen LogP contribution in [0.3, 0.4) is 0 Å². The van der Waals surface area contributed by atoms with E-state index in [0.29, 0.717) is 0 Å². The van der Waals surface area contributed by atoms with E-state index < -0.39 is 0 Å². The molecule has 0 bridgehead atoms. The lowest BCUT2D eigenvalue weighted by molar-refractivity contribution is -0.143. The maximum absolute atomic E-state index is 6.51. The average molecular weight is 280 g/mol. The standard InChI is InChI=1S/C16H22ClNO/c1-12-4-3-7-16(9-12)11-18-10-15(19-16)13-5-2-6-14(17)8-13/h2,5-6,8,12,15,18H,3-4,7,9-11H2,1H3. The normalized spacial score (nSPS) is 35.5. The average Bonchev–Trinajstić information content (AvgIpc) is 2.38. The van der Waals surface area contributed by atoms with E-state index in [0.717, 1.165) is 24.0 Å². The van der Waals surface area contributed by atoms with E-state index in [2.05, 4.69) is 18.3 Å². The number of rotatable bonds is 1. The van der Waals surface area contributed by atoms with E-state index in [1.807, 2.05) is 18.2 Å². The van der Waals surface area contributed by atoms with Crippen LogP contribution < -0.4 is 5.32 Å². The van der Waals surface area contributed by atoms with E-state index in [1.165, 1.54) is 31.2 Å². The van der Waals surface area contributed by atoms with Gasteiger partial charge in [-0.1, -0.05) is 43.5 Å². The molecular formula is C16H22ClNO. The highest BCUT2D eigenvalue weighted by Gasteiger charge is 2.40. The molecule has 3 unspecified atom stereocenters. The van der Waals surface area contributed by atoms with Crippen LogP contribution in [-0.4, -0.2) is 18.7 Å². The fourth-order valence-corrected chi connectivity index (χ4v) is 3.79. The Bertz CT molecular complexity index is 446. The summed E-state index contributed by atoms with van der Waals surface area (Å²) < 4.78 is 6.51. The van der Waals surface area contributed by atoms with Gasteiger partial charge in [-0.05, 0) is 36.5 Å². The first-order valence-corrected chi connectivity index (χ1v) is 7.69. The maximum atomic E-state index is 6.51. The molecule has 1 aliphatic heterocycles. The first-order valence-electron chi connectivity index (χ1n) is 7.31. The van der Waals surface area contributed by atoms with Crippen LogP contribution in [-0.2, 0) is 4.74 Å². The molecule has 1 aromatic rings. The zero-order valence-corrected chi connectivity index (χ0v) is 12.2. The summed E-state index contributed by atoms with van der Waals surface area (Å²) in [5, 5.41) is 4.36. The monoisotopic (exact) mass is 279 g/mol. The van der Waals surface area contributed by atoms with Gasteiger partial charge in [0, 0.05) is 18.1 Å². The van der Waals surface area contributed by atoms with Gasteiger partial charge in [-0.2, -0.15) is 0 Å². The van der Waals surface area contributed by atoms with Gasteiger partial charge in [-0.15, -0.1) is 0 Å². The molecule has 3 rings (SSSR count). The summed E-state index contributed by atoms with van der Waals surface area (Å²) in [7, 11) is 0. The molecule has 0 aromatic heterocycles. The molecule has 0 amide bonds. The Labute approximate surface area is 120 Å². The Morgan fingerprint density at radius 3 is 3.11 bits per heavy atom. The number of benzene rings is 1. The van der Waals surface area contributed by atoms with Crippen LogP contribution in [0.25, 0.3) is 0 Å². The topological polar surface area (TPSA) is 21.3 Å². The number of nitrogens with one attached hydrogen (secondary N) is 1. The van der Waals surface area contributed by atoms with Crippen LogP contribution in [0.15, 0.2) is 24.3 Å². The van der Waals surface area contributed by atoms with Gasteiger partial charge in [0.05, 0.1) is 11.7 Å². The molecule has 2 fully saturated rings. The minimum absolute atomic E-state index is 0.0445. The van der Waals surface area contributed by atoms with Crippen molar-refractivity contribution < 1.29 is 4.74 Å². The van der Waals surface area contributed by atoms with Gasteiger partial charge in [0.15, 0.2) is 0 Å². The molecule has 1 heterocycles. The summed E-state index contributed by atoms with van der Waals surface area (Å²) in [6, 6.07) is 8.06. The van der Waals surface area contributed by atoms with Gasteiger partial charge < -0.3 is 10.1 Å². The minimum Gasteiger partial charge on any atom is -0.364 e. The number of halogens is 1. The second-order valence-corrected chi connectivity index (χ2v) is 6.61. The van der Waals surface area contributed by atoms with Crippen LogP contribution in [0.2, 0.25) is 5.02 Å². The van der Waals surface area contributed by atoms with Crippen molar-refractivity contribution in [2.24, 2.45) is 5.92 Å². The predicted octanol–water partition coefficient (Wildman–Crippen LogP) is 3.95. The molecule has 1 N–H and O–H groups in total. The van der Waals surface area contributed by atoms with Gasteiger partial charge >= 0.3 is 0 Å². The maximum Gasteiger partial charge on any atom is 0.0957 e. The van der Waals surface area contributed by atoms with Gasteiger partial charge in [-0.25, -0.2) is 0 Å². The van der Waals surface area contributed by atoms with E-state index in [1.54, 1.807) is 0 Å². The van der Waals surface area contributed by atoms with E-state index in [-0.39, 0.29) is 11.7 Å². The van der Waals surface area contributed by atoms with Crippen LogP contribution >= 0.6 is 11.6 Å². The Balaban J connectivity index is 1.77. The largest absolute Gasteiger partial charge is 0.364 e. The summed E-state index contributed by atoms with van der Waals surface area (Å²) in [4.78, 5) is 0. The summed E-state index contributed by atoms with van der Waals surface area (Å²) >= 11 is 6.09. The molecule has 19 heavy (non-hydrogen) atoms. The van der Waals surface area contributed by atoms with Crippen LogP contribution in [0.1, 0.15) is 44.3 Å². The molecule has 2 aliphatic rings. The van der Waals surface area contributed by atoms with Crippen molar-refractivity contribution in [3.63, 3.8) is 0 Å². The summed E-state index contributed by atoms with van der Waals surface area (Å²) in [6.07, 6.45) is 5.12. The van der Waals surface area contributed by atoms with Gasteiger partial charge in [-0.3, -0.25) is 0 Å². The Kier molecular flexibility index (Phi) is 3.84. The van der Waals surface area contributed by atoms with Crippen molar-refractivity contribution in [3.8, 4) is 0 Å². The zero-order chi connectivity index (χ0) is 13.3. The van der Waals surface area contributed by atoms with Crippen LogP contribution in [0.5, 0.6) is 0 Å². The summed E-state index contributed by atoms with van der Waals surface area (Å²) in [5.41, 5.74) is 1.24. The molecule has 3 heteroatoms. The SMILES string of the molecule is CC1CCCC2(CNCC(c3cccc(Cl)c3)O2)C1. The molecule has 1 aliphatic carbocycles. The van der Waals surface area contributed by atoms with Gasteiger partial charge in [0.2, 0.25) is 0 Å². The molecule has 1 saturated carbocycles. The molecule has 2 nitrogen and oxygen atoms in total. The molecule has 104 valence electrons.